The summed E-state index contributed by atoms with van der Waals surface area (Å²) in [7, 11) is 5.66. The normalized spacial score (nSPS) is 11.7. The van der Waals surface area contributed by atoms with Crippen molar-refractivity contribution in [1.29, 1.82) is 0 Å². The summed E-state index contributed by atoms with van der Waals surface area (Å²) in [5, 5.41) is 22.6. The van der Waals surface area contributed by atoms with Gasteiger partial charge >= 0.3 is 0 Å². The molecule has 0 aromatic heterocycles. The number of nitrogens with two attached hydrogens (primary N) is 1. The Balaban J connectivity index is 3.10. The van der Waals surface area contributed by atoms with Crippen LogP contribution >= 0.6 is 0 Å². The van der Waals surface area contributed by atoms with E-state index in [1.807, 2.05) is 19.0 Å². The van der Waals surface area contributed by atoms with Gasteiger partial charge in [0.05, 0.1) is 4.92 Å². The highest BCUT2D eigenvalue weighted by Crippen LogP contribution is 2.28. The molecule has 110 valence electrons. The first-order valence-corrected chi connectivity index (χ1v) is 5.99. The van der Waals surface area contributed by atoms with Gasteiger partial charge in [-0.15, -0.1) is 0 Å². The molecule has 20 heavy (non-hydrogen) atoms. The van der Waals surface area contributed by atoms with E-state index in [-0.39, 0.29) is 11.5 Å². The maximum Gasteiger partial charge on any atom is 0.293 e. The van der Waals surface area contributed by atoms with Gasteiger partial charge in [0.15, 0.2) is 5.84 Å². The van der Waals surface area contributed by atoms with E-state index in [0.29, 0.717) is 17.8 Å². The van der Waals surface area contributed by atoms with E-state index in [1.165, 1.54) is 6.07 Å². The summed E-state index contributed by atoms with van der Waals surface area (Å²) in [5.41, 5.74) is 6.17. The molecule has 1 rings (SSSR count). The van der Waals surface area contributed by atoms with Gasteiger partial charge in [0, 0.05) is 31.8 Å². The van der Waals surface area contributed by atoms with Gasteiger partial charge in [0.1, 0.15) is 5.69 Å². The summed E-state index contributed by atoms with van der Waals surface area (Å²) < 4.78 is 0. The van der Waals surface area contributed by atoms with Crippen LogP contribution in [-0.2, 0) is 0 Å². The Morgan fingerprint density at radius 2 is 2.05 bits per heavy atom. The van der Waals surface area contributed by atoms with Gasteiger partial charge < -0.3 is 20.7 Å². The molecule has 0 fully saturated rings. The van der Waals surface area contributed by atoms with Crippen LogP contribution in [0.2, 0.25) is 0 Å². The third-order valence-electron chi connectivity index (χ3n) is 2.87. The second-order valence-corrected chi connectivity index (χ2v) is 4.67. The number of rotatable bonds is 6. The molecule has 0 atom stereocenters. The Kier molecular flexibility index (Phi) is 5.27. The van der Waals surface area contributed by atoms with Crippen LogP contribution in [0.15, 0.2) is 23.4 Å². The van der Waals surface area contributed by atoms with Crippen LogP contribution in [0.25, 0.3) is 0 Å². The minimum Gasteiger partial charge on any atom is -0.409 e. The number of likely N-dealkylation sites (N-methyl/N-ethyl adjacent to an activating group) is 2. The number of hydrogen-bond acceptors (Lipinski definition) is 6. The minimum atomic E-state index is -0.477. The van der Waals surface area contributed by atoms with Gasteiger partial charge in [0.25, 0.3) is 5.69 Å². The number of hydrogen-bond donors (Lipinski definition) is 2. The number of nitrogens with zero attached hydrogens (tertiary/aromatic N) is 4. The Hall–Kier alpha value is -2.35. The second-order valence-electron chi connectivity index (χ2n) is 4.67. The molecule has 1 aromatic rings. The predicted octanol–water partition coefficient (Wildman–Crippen LogP) is 0.687. The smallest absolute Gasteiger partial charge is 0.293 e. The fourth-order valence-electron chi connectivity index (χ4n) is 1.68. The van der Waals surface area contributed by atoms with Crippen molar-refractivity contribution in [3.8, 4) is 0 Å². The molecule has 3 N–H and O–H groups in total. The zero-order chi connectivity index (χ0) is 15.3. The number of oxime groups is 1. The lowest BCUT2D eigenvalue weighted by molar-refractivity contribution is -0.384. The first-order chi connectivity index (χ1) is 9.36. The SMILES string of the molecule is CN(C)CCN(C)c1ccc(C(N)=NO)cc1[N+](=O)[O-]. The van der Waals surface area contributed by atoms with Crippen molar-refractivity contribution in [2.75, 3.05) is 39.1 Å². The third kappa shape index (κ3) is 3.82. The Morgan fingerprint density at radius 3 is 2.55 bits per heavy atom. The molecule has 0 heterocycles. The topological polar surface area (TPSA) is 108 Å². The summed E-state index contributed by atoms with van der Waals surface area (Å²) >= 11 is 0. The summed E-state index contributed by atoms with van der Waals surface area (Å²) in [4.78, 5) is 14.5. The maximum absolute atomic E-state index is 11.2. The van der Waals surface area contributed by atoms with Crippen LogP contribution in [0.3, 0.4) is 0 Å². The average Bonchev–Trinajstić information content (AvgIpc) is 2.43. The molecule has 0 aliphatic rings. The highest BCUT2D eigenvalue weighted by atomic mass is 16.6. The number of benzene rings is 1. The lowest BCUT2D eigenvalue weighted by Gasteiger charge is -2.21. The fourth-order valence-corrected chi connectivity index (χ4v) is 1.68. The van der Waals surface area contributed by atoms with Crippen molar-refractivity contribution in [2.24, 2.45) is 10.9 Å². The molecular formula is C12H19N5O3. The van der Waals surface area contributed by atoms with E-state index in [0.717, 1.165) is 6.54 Å². The van der Waals surface area contributed by atoms with E-state index >= 15 is 0 Å². The van der Waals surface area contributed by atoms with Gasteiger partial charge in [0.2, 0.25) is 0 Å². The van der Waals surface area contributed by atoms with E-state index < -0.39 is 4.92 Å². The van der Waals surface area contributed by atoms with E-state index in [4.69, 9.17) is 10.9 Å². The molecule has 0 radical (unpaired) electrons. The second kappa shape index (κ2) is 6.71. The molecule has 0 bridgehead atoms. The third-order valence-corrected chi connectivity index (χ3v) is 2.87. The molecule has 0 aliphatic carbocycles. The Morgan fingerprint density at radius 1 is 1.40 bits per heavy atom. The first kappa shape index (κ1) is 15.7. The standard InChI is InChI=1S/C12H19N5O3/c1-15(2)6-7-16(3)10-5-4-9(12(13)14-18)8-11(10)17(19)20/h4-5,8,18H,6-7H2,1-3H3,(H2,13,14). The minimum absolute atomic E-state index is 0.0737. The molecule has 8 heteroatoms. The fraction of sp³-hybridized carbons (Fsp3) is 0.417. The van der Waals surface area contributed by atoms with Crippen molar-refractivity contribution in [1.82, 2.24) is 4.90 Å². The molecule has 0 saturated heterocycles. The van der Waals surface area contributed by atoms with E-state index in [2.05, 4.69) is 5.16 Å². The van der Waals surface area contributed by atoms with Gasteiger partial charge in [-0.05, 0) is 26.2 Å². The first-order valence-electron chi connectivity index (χ1n) is 5.99. The van der Waals surface area contributed by atoms with Crippen LogP contribution < -0.4 is 10.6 Å². The average molecular weight is 281 g/mol. The quantitative estimate of drug-likeness (QED) is 0.261. The monoisotopic (exact) mass is 281 g/mol. The van der Waals surface area contributed by atoms with Crippen LogP contribution in [0.1, 0.15) is 5.56 Å². The van der Waals surface area contributed by atoms with Gasteiger partial charge in [-0.3, -0.25) is 10.1 Å². The molecule has 0 aliphatic heterocycles. The van der Waals surface area contributed by atoms with Crippen molar-refractivity contribution in [2.45, 2.75) is 0 Å². The van der Waals surface area contributed by atoms with Crippen molar-refractivity contribution in [3.05, 3.63) is 33.9 Å². The molecule has 0 spiro atoms. The largest absolute Gasteiger partial charge is 0.409 e. The van der Waals surface area contributed by atoms with Gasteiger partial charge in [-0.25, -0.2) is 0 Å². The Labute approximate surface area is 117 Å². The Bertz CT molecular complexity index is 516. The zero-order valence-electron chi connectivity index (χ0n) is 11.8. The van der Waals surface area contributed by atoms with Crippen molar-refractivity contribution >= 4 is 17.2 Å². The highest BCUT2D eigenvalue weighted by Gasteiger charge is 2.19. The lowest BCUT2D eigenvalue weighted by Crippen LogP contribution is -2.29. The number of anilines is 1. The highest BCUT2D eigenvalue weighted by molar-refractivity contribution is 5.98. The number of nitro groups is 1. The summed E-state index contributed by atoms with van der Waals surface area (Å²) in [5.74, 6) is -0.157. The molecule has 1 aromatic carbocycles. The summed E-state index contributed by atoms with van der Waals surface area (Å²) in [6.45, 7) is 1.42. The number of amidine groups is 1. The molecular weight excluding hydrogens is 262 g/mol. The van der Waals surface area contributed by atoms with Crippen LogP contribution in [0.5, 0.6) is 0 Å². The van der Waals surface area contributed by atoms with Crippen molar-refractivity contribution < 1.29 is 10.1 Å². The van der Waals surface area contributed by atoms with Gasteiger partial charge in [-0.1, -0.05) is 5.16 Å². The van der Waals surface area contributed by atoms with Crippen molar-refractivity contribution in [3.63, 3.8) is 0 Å². The molecule has 0 unspecified atom stereocenters. The van der Waals surface area contributed by atoms with Crippen LogP contribution in [-0.4, -0.2) is 55.1 Å². The summed E-state index contributed by atoms with van der Waals surface area (Å²) in [6, 6.07) is 4.49. The van der Waals surface area contributed by atoms with E-state index in [1.54, 1.807) is 24.1 Å². The predicted molar refractivity (Wildman–Crippen MR) is 77.4 cm³/mol. The molecule has 0 saturated carbocycles. The molecule has 8 nitrogen and oxygen atoms in total. The van der Waals surface area contributed by atoms with Crippen LogP contribution in [0, 0.1) is 10.1 Å². The maximum atomic E-state index is 11.2. The lowest BCUT2D eigenvalue weighted by atomic mass is 10.1. The summed E-state index contributed by atoms with van der Waals surface area (Å²) in [6.07, 6.45) is 0. The molecule has 0 amide bonds. The zero-order valence-corrected chi connectivity index (χ0v) is 11.8. The number of nitro benzene ring substituents is 1. The van der Waals surface area contributed by atoms with Gasteiger partial charge in [-0.2, -0.15) is 0 Å². The van der Waals surface area contributed by atoms with E-state index in [9.17, 15) is 10.1 Å². The van der Waals surface area contributed by atoms with Crippen LogP contribution in [0.4, 0.5) is 11.4 Å².